The monoisotopic (exact) mass is 368 g/mol. The summed E-state index contributed by atoms with van der Waals surface area (Å²) >= 11 is 0. The molecule has 2 rings (SSSR count). The fraction of sp³-hybridized carbons (Fsp3) is 0.611. The van der Waals surface area contributed by atoms with E-state index >= 15 is 0 Å². The number of amides is 1. The highest BCUT2D eigenvalue weighted by Crippen LogP contribution is 2.22. The molecule has 6 nitrogen and oxygen atoms in total. The molecular formula is C18H28N2O4S. The third-order valence-electron chi connectivity index (χ3n) is 4.02. The number of carbonyl (C=O) groups is 1. The average molecular weight is 368 g/mol. The van der Waals surface area contributed by atoms with Crippen LogP contribution < -0.4 is 5.43 Å². The molecule has 0 unspecified atom stereocenters. The lowest BCUT2D eigenvalue weighted by molar-refractivity contribution is 0.0289. The van der Waals surface area contributed by atoms with Crippen LogP contribution in [0, 0.1) is 6.92 Å². The van der Waals surface area contributed by atoms with Crippen molar-refractivity contribution in [3.05, 3.63) is 29.8 Å². The van der Waals surface area contributed by atoms with Crippen LogP contribution >= 0.6 is 0 Å². The Hall–Kier alpha value is -1.60. The largest absolute Gasteiger partial charge is 0.442 e. The number of nitrogens with zero attached hydrogens (tertiary/aromatic N) is 1. The smallest absolute Gasteiger partial charge is 0.439 e. The van der Waals surface area contributed by atoms with Crippen LogP contribution in [0.2, 0.25) is 0 Å². The van der Waals surface area contributed by atoms with Gasteiger partial charge in [-0.05, 0) is 52.7 Å². The zero-order valence-corrected chi connectivity index (χ0v) is 16.2. The summed E-state index contributed by atoms with van der Waals surface area (Å²) in [5.41, 5.74) is 3.06. The first-order chi connectivity index (χ1) is 11.6. The van der Waals surface area contributed by atoms with Gasteiger partial charge in [-0.1, -0.05) is 37.0 Å². The Kier molecular flexibility index (Phi) is 6.11. The Morgan fingerprint density at radius 3 is 2.20 bits per heavy atom. The van der Waals surface area contributed by atoms with E-state index in [1.54, 1.807) is 32.9 Å². The van der Waals surface area contributed by atoms with Gasteiger partial charge in [-0.15, -0.1) is 4.41 Å². The first-order valence-corrected chi connectivity index (χ1v) is 10.1. The molecule has 1 aliphatic rings. The van der Waals surface area contributed by atoms with Crippen LogP contribution in [0.25, 0.3) is 0 Å². The molecule has 0 aromatic heterocycles. The van der Waals surface area contributed by atoms with Crippen molar-refractivity contribution in [2.24, 2.45) is 0 Å². The van der Waals surface area contributed by atoms with Gasteiger partial charge in [-0.25, -0.2) is 10.2 Å². The van der Waals surface area contributed by atoms with Crippen molar-refractivity contribution < 1.29 is 17.9 Å². The molecule has 7 heteroatoms. The van der Waals surface area contributed by atoms with Gasteiger partial charge in [0.15, 0.2) is 0 Å². The van der Waals surface area contributed by atoms with Crippen LogP contribution in [0.3, 0.4) is 0 Å². The summed E-state index contributed by atoms with van der Waals surface area (Å²) in [5.74, 6) is 0. The fourth-order valence-electron chi connectivity index (χ4n) is 2.74. The highest BCUT2D eigenvalue weighted by molar-refractivity contribution is 7.89. The lowest BCUT2D eigenvalue weighted by Gasteiger charge is -2.31. The van der Waals surface area contributed by atoms with Gasteiger partial charge in [0.2, 0.25) is 0 Å². The van der Waals surface area contributed by atoms with Crippen molar-refractivity contribution in [3.8, 4) is 0 Å². The Morgan fingerprint density at radius 2 is 1.68 bits per heavy atom. The van der Waals surface area contributed by atoms with Crippen molar-refractivity contribution in [1.29, 1.82) is 0 Å². The molecule has 0 bridgehead atoms. The van der Waals surface area contributed by atoms with E-state index < -0.39 is 21.7 Å². The summed E-state index contributed by atoms with van der Waals surface area (Å²) < 4.78 is 32.0. The van der Waals surface area contributed by atoms with Crippen molar-refractivity contribution in [2.75, 3.05) is 0 Å². The summed E-state index contributed by atoms with van der Waals surface area (Å²) in [6.45, 7) is 7.01. The van der Waals surface area contributed by atoms with E-state index in [2.05, 4.69) is 5.43 Å². The molecule has 140 valence electrons. The molecule has 0 spiro atoms. The van der Waals surface area contributed by atoms with Crippen LogP contribution in [-0.4, -0.2) is 30.6 Å². The highest BCUT2D eigenvalue weighted by Gasteiger charge is 2.35. The third kappa shape index (κ3) is 5.44. The number of ether oxygens (including phenoxy) is 1. The van der Waals surface area contributed by atoms with E-state index in [1.165, 1.54) is 12.1 Å². The first-order valence-electron chi connectivity index (χ1n) is 8.71. The summed E-state index contributed by atoms with van der Waals surface area (Å²) in [6, 6.07) is 6.37. The first kappa shape index (κ1) is 19.7. The summed E-state index contributed by atoms with van der Waals surface area (Å²) in [7, 11) is -4.04. The number of nitrogens with one attached hydrogen (secondary N) is 1. The molecule has 0 heterocycles. The molecule has 0 radical (unpaired) electrons. The van der Waals surface area contributed by atoms with Gasteiger partial charge in [0, 0.05) is 6.04 Å². The van der Waals surface area contributed by atoms with Gasteiger partial charge in [0.05, 0.1) is 4.90 Å². The predicted molar refractivity (Wildman–Crippen MR) is 96.4 cm³/mol. The maximum atomic E-state index is 13.0. The number of rotatable bonds is 4. The second-order valence-corrected chi connectivity index (χ2v) is 9.31. The standard InChI is InChI=1S/C18H28N2O4S/c1-14-10-12-16(13-11-14)25(22,23)20(17(21)24-18(2,3)4)19-15-8-6-5-7-9-15/h10-13,15,19H,5-9H2,1-4H3. The number of hydrogen-bond acceptors (Lipinski definition) is 5. The number of carbonyl (C=O) groups excluding carboxylic acids is 1. The zero-order chi connectivity index (χ0) is 18.7. The second-order valence-electron chi connectivity index (χ2n) is 7.53. The van der Waals surface area contributed by atoms with Crippen LogP contribution in [-0.2, 0) is 14.8 Å². The van der Waals surface area contributed by atoms with Crippen LogP contribution in [0.1, 0.15) is 58.4 Å². The van der Waals surface area contributed by atoms with Crippen molar-refractivity contribution >= 4 is 16.1 Å². The van der Waals surface area contributed by atoms with E-state index in [0.29, 0.717) is 4.41 Å². The van der Waals surface area contributed by atoms with Crippen LogP contribution in [0.4, 0.5) is 4.79 Å². The summed E-state index contributed by atoms with van der Waals surface area (Å²) in [4.78, 5) is 12.6. The normalized spacial score (nSPS) is 16.5. The van der Waals surface area contributed by atoms with Gasteiger partial charge < -0.3 is 4.74 Å². The fourth-order valence-corrected chi connectivity index (χ4v) is 3.95. The van der Waals surface area contributed by atoms with Gasteiger partial charge in [0.25, 0.3) is 10.0 Å². The zero-order valence-electron chi connectivity index (χ0n) is 15.4. The Bertz CT molecular complexity index is 687. The molecule has 1 N–H and O–H groups in total. The third-order valence-corrected chi connectivity index (χ3v) is 5.63. The molecule has 0 atom stereocenters. The maximum absolute atomic E-state index is 13.0. The lowest BCUT2D eigenvalue weighted by atomic mass is 9.96. The highest BCUT2D eigenvalue weighted by atomic mass is 32.2. The predicted octanol–water partition coefficient (Wildman–Crippen LogP) is 3.76. The molecule has 1 saturated carbocycles. The Morgan fingerprint density at radius 1 is 1.12 bits per heavy atom. The minimum atomic E-state index is -4.04. The molecule has 25 heavy (non-hydrogen) atoms. The molecule has 0 saturated heterocycles. The van der Waals surface area contributed by atoms with E-state index in [9.17, 15) is 13.2 Å². The number of sulfonamides is 1. The number of aryl methyl sites for hydroxylation is 1. The lowest BCUT2D eigenvalue weighted by Crippen LogP contribution is -2.53. The van der Waals surface area contributed by atoms with Crippen LogP contribution in [0.15, 0.2) is 29.2 Å². The maximum Gasteiger partial charge on any atom is 0.439 e. The Balaban J connectivity index is 2.31. The van der Waals surface area contributed by atoms with E-state index in [4.69, 9.17) is 4.74 Å². The second kappa shape index (κ2) is 7.74. The van der Waals surface area contributed by atoms with Crippen LogP contribution in [0.5, 0.6) is 0 Å². The van der Waals surface area contributed by atoms with Gasteiger partial charge in [0.1, 0.15) is 5.60 Å². The molecule has 0 aliphatic heterocycles. The van der Waals surface area contributed by atoms with Crippen molar-refractivity contribution in [2.45, 2.75) is 76.3 Å². The minimum absolute atomic E-state index is 0.0542. The Labute approximate surface area is 150 Å². The van der Waals surface area contributed by atoms with Crippen molar-refractivity contribution in [3.63, 3.8) is 0 Å². The molecule has 1 fully saturated rings. The molecule has 1 aliphatic carbocycles. The van der Waals surface area contributed by atoms with Gasteiger partial charge in [-0.2, -0.15) is 8.42 Å². The van der Waals surface area contributed by atoms with E-state index in [-0.39, 0.29) is 10.9 Å². The molecule has 1 aromatic rings. The topological polar surface area (TPSA) is 75.7 Å². The molecule has 1 aromatic carbocycles. The van der Waals surface area contributed by atoms with Gasteiger partial charge in [-0.3, -0.25) is 0 Å². The number of hydrogen-bond donors (Lipinski definition) is 1. The molecule has 1 amide bonds. The number of benzene rings is 1. The summed E-state index contributed by atoms with van der Waals surface area (Å²) in [6.07, 6.45) is 3.94. The SMILES string of the molecule is Cc1ccc(S(=O)(=O)N(NC2CCCCC2)C(=O)OC(C)(C)C)cc1. The number of hydrazine groups is 1. The van der Waals surface area contributed by atoms with E-state index in [1.807, 2.05) is 6.92 Å². The van der Waals surface area contributed by atoms with Crippen molar-refractivity contribution in [1.82, 2.24) is 9.84 Å². The average Bonchev–Trinajstić information content (AvgIpc) is 2.52. The quantitative estimate of drug-likeness (QED) is 0.819. The molecular weight excluding hydrogens is 340 g/mol. The van der Waals surface area contributed by atoms with Gasteiger partial charge >= 0.3 is 6.09 Å². The minimum Gasteiger partial charge on any atom is -0.442 e. The summed E-state index contributed by atoms with van der Waals surface area (Å²) in [5, 5.41) is 0. The van der Waals surface area contributed by atoms with E-state index in [0.717, 1.165) is 37.7 Å².